The van der Waals surface area contributed by atoms with Crippen LogP contribution in [0.5, 0.6) is 0 Å². The molecule has 1 N–H and O–H groups in total. The van der Waals surface area contributed by atoms with E-state index in [0.29, 0.717) is 6.04 Å². The zero-order valence-corrected chi connectivity index (χ0v) is 12.0. The van der Waals surface area contributed by atoms with Crippen molar-refractivity contribution in [3.63, 3.8) is 0 Å². The smallest absolute Gasteiger partial charge is 0.317 e. The van der Waals surface area contributed by atoms with E-state index in [-0.39, 0.29) is 11.6 Å². The number of hydrogen-bond donors (Lipinski definition) is 1. The minimum absolute atomic E-state index is 0.149. The molecule has 0 aromatic rings. The molecule has 1 heterocycles. The Morgan fingerprint density at radius 2 is 1.61 bits per heavy atom. The molecular weight excluding hydrogens is 226 g/mol. The molecule has 104 valence electrons. The predicted molar refractivity (Wildman–Crippen MR) is 73.7 cm³/mol. The lowest BCUT2D eigenvalue weighted by Crippen LogP contribution is -2.57. The van der Waals surface area contributed by atoms with Crippen LogP contribution < -0.4 is 5.32 Å². The first kappa shape index (κ1) is 13.7. The lowest BCUT2D eigenvalue weighted by molar-refractivity contribution is 0.0736. The van der Waals surface area contributed by atoms with Crippen LogP contribution in [0.1, 0.15) is 46.5 Å². The van der Waals surface area contributed by atoms with E-state index in [0.717, 1.165) is 39.0 Å². The summed E-state index contributed by atoms with van der Waals surface area (Å²) in [7, 11) is 0. The molecule has 0 spiro atoms. The fourth-order valence-electron chi connectivity index (χ4n) is 2.92. The molecule has 0 aromatic carbocycles. The lowest BCUT2D eigenvalue weighted by Gasteiger charge is -2.42. The van der Waals surface area contributed by atoms with E-state index in [2.05, 4.69) is 31.0 Å². The highest BCUT2D eigenvalue weighted by Crippen LogP contribution is 2.19. The summed E-state index contributed by atoms with van der Waals surface area (Å²) in [5.74, 6) is 0. The lowest BCUT2D eigenvalue weighted by atomic mass is 10.1. The maximum Gasteiger partial charge on any atom is 0.317 e. The van der Waals surface area contributed by atoms with E-state index in [1.165, 1.54) is 12.8 Å². The summed E-state index contributed by atoms with van der Waals surface area (Å²) < 4.78 is 0. The fourth-order valence-corrected chi connectivity index (χ4v) is 2.92. The van der Waals surface area contributed by atoms with Crippen LogP contribution in [0.2, 0.25) is 0 Å². The molecule has 1 aliphatic heterocycles. The van der Waals surface area contributed by atoms with E-state index in [1.807, 2.05) is 4.90 Å². The summed E-state index contributed by atoms with van der Waals surface area (Å²) in [5, 5.41) is 3.17. The first-order chi connectivity index (χ1) is 8.47. The van der Waals surface area contributed by atoms with E-state index in [4.69, 9.17) is 0 Å². The summed E-state index contributed by atoms with van der Waals surface area (Å²) in [6, 6.07) is 0.577. The van der Waals surface area contributed by atoms with Crippen LogP contribution in [-0.2, 0) is 0 Å². The average molecular weight is 253 g/mol. The molecule has 2 rings (SSSR count). The largest absolute Gasteiger partial charge is 0.335 e. The van der Waals surface area contributed by atoms with Gasteiger partial charge in [0, 0.05) is 37.8 Å². The summed E-state index contributed by atoms with van der Waals surface area (Å²) in [6.07, 6.45) is 4.85. The Morgan fingerprint density at radius 1 is 1.06 bits per heavy atom. The van der Waals surface area contributed by atoms with Crippen molar-refractivity contribution in [2.45, 2.75) is 58.0 Å². The molecule has 18 heavy (non-hydrogen) atoms. The molecular formula is C14H27N3O. The molecule has 1 aliphatic carbocycles. The maximum absolute atomic E-state index is 12.1. The second-order valence-electron chi connectivity index (χ2n) is 6.58. The van der Waals surface area contributed by atoms with Crippen LogP contribution in [0.25, 0.3) is 0 Å². The third kappa shape index (κ3) is 3.37. The summed E-state index contributed by atoms with van der Waals surface area (Å²) >= 11 is 0. The highest BCUT2D eigenvalue weighted by Gasteiger charge is 2.28. The van der Waals surface area contributed by atoms with Gasteiger partial charge in [0.15, 0.2) is 0 Å². The zero-order valence-electron chi connectivity index (χ0n) is 12.0. The quantitative estimate of drug-likeness (QED) is 0.776. The predicted octanol–water partition coefficient (Wildman–Crippen LogP) is 2.05. The van der Waals surface area contributed by atoms with Gasteiger partial charge in [-0.3, -0.25) is 4.90 Å². The number of nitrogens with one attached hydrogen (secondary N) is 1. The third-order valence-corrected chi connectivity index (χ3v) is 4.20. The van der Waals surface area contributed by atoms with Crippen LogP contribution in [0.4, 0.5) is 4.79 Å². The molecule has 0 bridgehead atoms. The summed E-state index contributed by atoms with van der Waals surface area (Å²) in [4.78, 5) is 16.5. The van der Waals surface area contributed by atoms with Gasteiger partial charge in [-0.1, -0.05) is 12.8 Å². The van der Waals surface area contributed by atoms with Gasteiger partial charge >= 0.3 is 6.03 Å². The molecule has 4 heteroatoms. The van der Waals surface area contributed by atoms with Gasteiger partial charge in [0.2, 0.25) is 0 Å². The van der Waals surface area contributed by atoms with Crippen LogP contribution in [0.15, 0.2) is 0 Å². The number of rotatable bonds is 1. The van der Waals surface area contributed by atoms with Gasteiger partial charge in [0.1, 0.15) is 0 Å². The van der Waals surface area contributed by atoms with Gasteiger partial charge in [-0.25, -0.2) is 4.79 Å². The molecule has 2 fully saturated rings. The van der Waals surface area contributed by atoms with E-state index >= 15 is 0 Å². The van der Waals surface area contributed by atoms with Gasteiger partial charge < -0.3 is 10.2 Å². The van der Waals surface area contributed by atoms with Crippen molar-refractivity contribution in [2.24, 2.45) is 0 Å². The van der Waals surface area contributed by atoms with Crippen molar-refractivity contribution < 1.29 is 4.79 Å². The number of piperazine rings is 1. The van der Waals surface area contributed by atoms with Crippen molar-refractivity contribution in [1.29, 1.82) is 0 Å². The van der Waals surface area contributed by atoms with Crippen LogP contribution >= 0.6 is 0 Å². The van der Waals surface area contributed by atoms with Crippen molar-refractivity contribution in [2.75, 3.05) is 26.2 Å². The van der Waals surface area contributed by atoms with Gasteiger partial charge in [-0.05, 0) is 33.6 Å². The summed E-state index contributed by atoms with van der Waals surface area (Å²) in [5.41, 5.74) is 0.216. The number of carbonyl (C=O) groups is 1. The Balaban J connectivity index is 1.76. The number of urea groups is 1. The molecule has 0 unspecified atom stereocenters. The Bertz CT molecular complexity index is 284. The minimum Gasteiger partial charge on any atom is -0.335 e. The molecule has 1 saturated heterocycles. The molecule has 0 atom stereocenters. The molecule has 2 amide bonds. The van der Waals surface area contributed by atoms with E-state index in [9.17, 15) is 4.79 Å². The number of amides is 2. The monoisotopic (exact) mass is 253 g/mol. The van der Waals surface area contributed by atoms with Crippen LogP contribution in [0, 0.1) is 0 Å². The number of hydrogen-bond acceptors (Lipinski definition) is 2. The first-order valence-corrected chi connectivity index (χ1v) is 7.27. The maximum atomic E-state index is 12.1. The third-order valence-electron chi connectivity index (χ3n) is 4.20. The molecule has 0 aromatic heterocycles. The van der Waals surface area contributed by atoms with Gasteiger partial charge in [0.25, 0.3) is 0 Å². The van der Waals surface area contributed by atoms with Crippen LogP contribution in [-0.4, -0.2) is 53.6 Å². The highest BCUT2D eigenvalue weighted by molar-refractivity contribution is 5.74. The Labute approximate surface area is 111 Å². The Morgan fingerprint density at radius 3 is 2.11 bits per heavy atom. The molecule has 1 saturated carbocycles. The van der Waals surface area contributed by atoms with Crippen molar-refractivity contribution >= 4 is 6.03 Å². The molecule has 2 aliphatic rings. The van der Waals surface area contributed by atoms with Gasteiger partial charge in [-0.15, -0.1) is 0 Å². The summed E-state index contributed by atoms with van der Waals surface area (Å²) in [6.45, 7) is 10.4. The molecule has 0 radical (unpaired) electrons. The minimum atomic E-state index is 0.149. The topological polar surface area (TPSA) is 35.6 Å². The number of nitrogens with zero attached hydrogens (tertiary/aromatic N) is 2. The van der Waals surface area contributed by atoms with Crippen molar-refractivity contribution in [3.8, 4) is 0 Å². The first-order valence-electron chi connectivity index (χ1n) is 7.27. The van der Waals surface area contributed by atoms with E-state index in [1.54, 1.807) is 0 Å². The zero-order chi connectivity index (χ0) is 13.2. The SMILES string of the molecule is CC(C)(C)N1CCN(C(=O)NC2CCCC2)CC1. The second kappa shape index (κ2) is 5.47. The highest BCUT2D eigenvalue weighted by atomic mass is 16.2. The van der Waals surface area contributed by atoms with E-state index < -0.39 is 0 Å². The van der Waals surface area contributed by atoms with Gasteiger partial charge in [0.05, 0.1) is 0 Å². The van der Waals surface area contributed by atoms with Crippen LogP contribution in [0.3, 0.4) is 0 Å². The Hall–Kier alpha value is -0.770. The Kier molecular flexibility index (Phi) is 4.15. The average Bonchev–Trinajstić information content (AvgIpc) is 2.81. The number of carbonyl (C=O) groups excluding carboxylic acids is 1. The van der Waals surface area contributed by atoms with Crippen molar-refractivity contribution in [1.82, 2.24) is 15.1 Å². The van der Waals surface area contributed by atoms with Crippen molar-refractivity contribution in [3.05, 3.63) is 0 Å². The fraction of sp³-hybridized carbons (Fsp3) is 0.929. The normalized spacial score (nSPS) is 23.4. The standard InChI is InChI=1S/C14H27N3O/c1-14(2,3)17-10-8-16(9-11-17)13(18)15-12-6-4-5-7-12/h12H,4-11H2,1-3H3,(H,15,18). The second-order valence-corrected chi connectivity index (χ2v) is 6.58. The molecule has 4 nitrogen and oxygen atoms in total. The van der Waals surface area contributed by atoms with Gasteiger partial charge in [-0.2, -0.15) is 0 Å².